The van der Waals surface area contributed by atoms with Gasteiger partial charge in [0.2, 0.25) is 0 Å². The zero-order valence-corrected chi connectivity index (χ0v) is 10.5. The lowest BCUT2D eigenvalue weighted by Gasteiger charge is -2.18. The number of hydrogen-bond acceptors (Lipinski definition) is 2. The van der Waals surface area contributed by atoms with E-state index in [1.807, 2.05) is 0 Å². The van der Waals surface area contributed by atoms with Crippen molar-refractivity contribution in [2.45, 2.75) is 50.7 Å². The van der Waals surface area contributed by atoms with E-state index in [0.29, 0.717) is 6.04 Å². The summed E-state index contributed by atoms with van der Waals surface area (Å²) in [6.07, 6.45) is 1.31. The first kappa shape index (κ1) is 14.8. The van der Waals surface area contributed by atoms with E-state index in [2.05, 4.69) is 5.32 Å². The molecule has 0 aliphatic heterocycles. The van der Waals surface area contributed by atoms with Gasteiger partial charge in [0.1, 0.15) is 0 Å². The summed E-state index contributed by atoms with van der Waals surface area (Å²) < 4.78 is 35.9. The molecule has 0 amide bonds. The number of halogens is 3. The quantitative estimate of drug-likeness (QED) is 0.701. The van der Waals surface area contributed by atoms with E-state index < -0.39 is 12.6 Å². The lowest BCUT2D eigenvalue weighted by molar-refractivity contribution is -0.137. The highest BCUT2D eigenvalue weighted by molar-refractivity contribution is 4.73. The first-order valence-electron chi connectivity index (χ1n) is 6.46. The Kier molecular flexibility index (Phi) is 6.27. The van der Waals surface area contributed by atoms with Gasteiger partial charge in [-0.05, 0) is 39.4 Å². The fourth-order valence-electron chi connectivity index (χ4n) is 2.21. The number of alkyl halides is 3. The lowest BCUT2D eigenvalue weighted by atomic mass is 10.2. The topological polar surface area (TPSA) is 15.3 Å². The van der Waals surface area contributed by atoms with Crippen LogP contribution in [0.5, 0.6) is 0 Å². The van der Waals surface area contributed by atoms with Crippen molar-refractivity contribution in [2.24, 2.45) is 0 Å². The molecule has 0 saturated heterocycles. The van der Waals surface area contributed by atoms with Crippen molar-refractivity contribution in [3.63, 3.8) is 0 Å². The summed E-state index contributed by atoms with van der Waals surface area (Å²) in [5.74, 6) is 0. The van der Waals surface area contributed by atoms with Gasteiger partial charge in [0.25, 0.3) is 0 Å². The molecular formula is C12H23F3N2. The van der Waals surface area contributed by atoms with Crippen LogP contribution in [0.15, 0.2) is 0 Å². The average molecular weight is 252 g/mol. The predicted octanol–water partition coefficient (Wildman–Crippen LogP) is 2.79. The Bertz CT molecular complexity index is 200. The second-order valence-corrected chi connectivity index (χ2v) is 4.96. The number of rotatable bonds is 7. The van der Waals surface area contributed by atoms with Crippen molar-refractivity contribution >= 4 is 0 Å². The van der Waals surface area contributed by atoms with Gasteiger partial charge in [-0.15, -0.1) is 0 Å². The van der Waals surface area contributed by atoms with Gasteiger partial charge in [-0.3, -0.25) is 0 Å². The molecule has 0 unspecified atom stereocenters. The Morgan fingerprint density at radius 2 is 1.82 bits per heavy atom. The molecule has 5 heteroatoms. The highest BCUT2D eigenvalue weighted by atomic mass is 19.4. The standard InChI is InChI=1S/C12H23F3N2/c1-17(10-7-12(13,14)15)9-4-8-16-11-5-2-3-6-11/h11,16H,2-10H2,1H3. The van der Waals surface area contributed by atoms with Crippen LogP contribution < -0.4 is 5.32 Å². The third-order valence-corrected chi connectivity index (χ3v) is 3.28. The van der Waals surface area contributed by atoms with E-state index >= 15 is 0 Å². The van der Waals surface area contributed by atoms with Crippen molar-refractivity contribution in [1.29, 1.82) is 0 Å². The molecule has 0 radical (unpaired) electrons. The molecule has 0 spiro atoms. The van der Waals surface area contributed by atoms with Crippen molar-refractivity contribution in [3.05, 3.63) is 0 Å². The monoisotopic (exact) mass is 252 g/mol. The van der Waals surface area contributed by atoms with Crippen molar-refractivity contribution in [2.75, 3.05) is 26.7 Å². The van der Waals surface area contributed by atoms with Crippen LogP contribution >= 0.6 is 0 Å². The Hall–Kier alpha value is -0.290. The van der Waals surface area contributed by atoms with E-state index in [9.17, 15) is 13.2 Å². The van der Waals surface area contributed by atoms with Crippen LogP contribution in [0, 0.1) is 0 Å². The van der Waals surface area contributed by atoms with Gasteiger partial charge in [0, 0.05) is 12.6 Å². The van der Waals surface area contributed by atoms with Crippen LogP contribution in [0.4, 0.5) is 13.2 Å². The molecule has 0 atom stereocenters. The maximum absolute atomic E-state index is 12.0. The molecule has 0 heterocycles. The Morgan fingerprint density at radius 1 is 1.18 bits per heavy atom. The summed E-state index contributed by atoms with van der Waals surface area (Å²) >= 11 is 0. The van der Waals surface area contributed by atoms with Crippen LogP contribution in [0.1, 0.15) is 38.5 Å². The van der Waals surface area contributed by atoms with Crippen LogP contribution in [-0.4, -0.2) is 43.8 Å². The van der Waals surface area contributed by atoms with E-state index in [1.165, 1.54) is 25.7 Å². The first-order chi connectivity index (χ1) is 7.97. The number of nitrogens with one attached hydrogen (secondary N) is 1. The van der Waals surface area contributed by atoms with Gasteiger partial charge < -0.3 is 10.2 Å². The summed E-state index contributed by atoms with van der Waals surface area (Å²) in [6.45, 7) is 1.75. The molecule has 1 saturated carbocycles. The molecule has 1 rings (SSSR count). The fourth-order valence-corrected chi connectivity index (χ4v) is 2.21. The third kappa shape index (κ3) is 7.60. The number of nitrogens with zero attached hydrogens (tertiary/aromatic N) is 1. The molecule has 1 N–H and O–H groups in total. The molecule has 2 nitrogen and oxygen atoms in total. The Morgan fingerprint density at radius 3 is 2.41 bits per heavy atom. The van der Waals surface area contributed by atoms with E-state index in [1.54, 1.807) is 11.9 Å². The zero-order chi connectivity index (χ0) is 12.7. The molecule has 1 fully saturated rings. The first-order valence-corrected chi connectivity index (χ1v) is 6.46. The lowest BCUT2D eigenvalue weighted by Crippen LogP contribution is -2.31. The van der Waals surface area contributed by atoms with Crippen LogP contribution in [0.2, 0.25) is 0 Å². The Labute approximate surface area is 102 Å². The van der Waals surface area contributed by atoms with Gasteiger partial charge in [0.15, 0.2) is 0 Å². The summed E-state index contributed by atoms with van der Waals surface area (Å²) in [4.78, 5) is 1.75. The summed E-state index contributed by atoms with van der Waals surface area (Å²) in [6, 6.07) is 0.649. The highest BCUT2D eigenvalue weighted by Crippen LogP contribution is 2.19. The van der Waals surface area contributed by atoms with Gasteiger partial charge in [0.05, 0.1) is 6.42 Å². The van der Waals surface area contributed by atoms with Gasteiger partial charge in [-0.2, -0.15) is 13.2 Å². The van der Waals surface area contributed by atoms with E-state index in [4.69, 9.17) is 0 Å². The predicted molar refractivity (Wildman–Crippen MR) is 63.0 cm³/mol. The summed E-state index contributed by atoms with van der Waals surface area (Å²) in [7, 11) is 1.75. The second kappa shape index (κ2) is 7.21. The van der Waals surface area contributed by atoms with Crippen molar-refractivity contribution < 1.29 is 13.2 Å². The minimum atomic E-state index is -4.03. The average Bonchev–Trinajstić information content (AvgIpc) is 2.73. The maximum atomic E-state index is 12.0. The molecule has 1 aliphatic carbocycles. The molecule has 0 aromatic carbocycles. The van der Waals surface area contributed by atoms with Gasteiger partial charge in [-0.25, -0.2) is 0 Å². The maximum Gasteiger partial charge on any atom is 0.390 e. The third-order valence-electron chi connectivity index (χ3n) is 3.28. The van der Waals surface area contributed by atoms with Crippen LogP contribution in [0.3, 0.4) is 0 Å². The fraction of sp³-hybridized carbons (Fsp3) is 1.00. The van der Waals surface area contributed by atoms with E-state index in [0.717, 1.165) is 19.5 Å². The largest absolute Gasteiger partial charge is 0.390 e. The molecule has 0 aromatic rings. The molecule has 0 bridgehead atoms. The SMILES string of the molecule is CN(CCCNC1CCCC1)CCC(F)(F)F. The molecule has 0 aromatic heterocycles. The van der Waals surface area contributed by atoms with E-state index in [-0.39, 0.29) is 6.54 Å². The second-order valence-electron chi connectivity index (χ2n) is 4.96. The smallest absolute Gasteiger partial charge is 0.314 e. The Balaban J connectivity index is 1.94. The van der Waals surface area contributed by atoms with Crippen LogP contribution in [-0.2, 0) is 0 Å². The minimum Gasteiger partial charge on any atom is -0.314 e. The van der Waals surface area contributed by atoms with Crippen molar-refractivity contribution in [3.8, 4) is 0 Å². The van der Waals surface area contributed by atoms with Crippen LogP contribution in [0.25, 0.3) is 0 Å². The molecule has 102 valence electrons. The van der Waals surface area contributed by atoms with Crippen molar-refractivity contribution in [1.82, 2.24) is 10.2 Å². The molecule has 17 heavy (non-hydrogen) atoms. The summed E-state index contributed by atoms with van der Waals surface area (Å²) in [5, 5.41) is 3.46. The zero-order valence-electron chi connectivity index (χ0n) is 10.5. The normalized spacial score (nSPS) is 18.2. The molecular weight excluding hydrogens is 229 g/mol. The van der Waals surface area contributed by atoms with Gasteiger partial charge in [-0.1, -0.05) is 12.8 Å². The minimum absolute atomic E-state index is 0.104. The van der Waals surface area contributed by atoms with Gasteiger partial charge >= 0.3 is 6.18 Å². The number of hydrogen-bond donors (Lipinski definition) is 1. The summed E-state index contributed by atoms with van der Waals surface area (Å²) in [5.41, 5.74) is 0. The highest BCUT2D eigenvalue weighted by Gasteiger charge is 2.26. The molecule has 1 aliphatic rings.